The van der Waals surface area contributed by atoms with Crippen LogP contribution in [-0.4, -0.2) is 35.6 Å². The lowest BCUT2D eigenvalue weighted by Gasteiger charge is -2.37. The Bertz CT molecular complexity index is 1310. The summed E-state index contributed by atoms with van der Waals surface area (Å²) >= 11 is 0. The molecule has 1 amide bonds. The first-order valence-electron chi connectivity index (χ1n) is 12.8. The molecule has 4 aromatic rings. The summed E-state index contributed by atoms with van der Waals surface area (Å²) in [6, 6.07) is 13.7. The molecule has 7 heteroatoms. The van der Waals surface area contributed by atoms with Gasteiger partial charge in [-0.1, -0.05) is 19.3 Å². The molecule has 0 bridgehead atoms. The Balaban J connectivity index is 1.29. The van der Waals surface area contributed by atoms with Crippen molar-refractivity contribution in [2.75, 3.05) is 23.8 Å². The fraction of sp³-hybridized carbons (Fsp3) is 0.345. The van der Waals surface area contributed by atoms with Crippen molar-refractivity contribution in [3.8, 4) is 5.75 Å². The number of nitrogens with one attached hydrogen (secondary N) is 3. The van der Waals surface area contributed by atoms with Crippen LogP contribution in [0.1, 0.15) is 53.6 Å². The number of fused-ring (bicyclic) bond motifs is 1. The van der Waals surface area contributed by atoms with Crippen LogP contribution in [0.15, 0.2) is 65.6 Å². The number of amides is 1. The lowest BCUT2D eigenvalue weighted by molar-refractivity contribution is 0.0954. The number of H-pyrrole nitrogens is 1. The van der Waals surface area contributed by atoms with Gasteiger partial charge in [0.05, 0.1) is 23.9 Å². The van der Waals surface area contributed by atoms with Crippen molar-refractivity contribution >= 4 is 28.2 Å². The van der Waals surface area contributed by atoms with Gasteiger partial charge in [-0.15, -0.1) is 0 Å². The van der Waals surface area contributed by atoms with Crippen molar-refractivity contribution in [2.45, 2.75) is 51.1 Å². The van der Waals surface area contributed by atoms with Crippen LogP contribution in [0.2, 0.25) is 0 Å². The summed E-state index contributed by atoms with van der Waals surface area (Å²) in [7, 11) is 1.91. The average molecular weight is 487 g/mol. The van der Waals surface area contributed by atoms with E-state index < -0.39 is 0 Å². The van der Waals surface area contributed by atoms with Crippen molar-refractivity contribution in [1.29, 1.82) is 0 Å². The van der Waals surface area contributed by atoms with Gasteiger partial charge in [0.25, 0.3) is 5.91 Å². The zero-order valence-electron chi connectivity index (χ0n) is 20.7. The molecular weight excluding hydrogens is 452 g/mol. The number of aromatic amines is 1. The van der Waals surface area contributed by atoms with E-state index in [0.717, 1.165) is 39.9 Å². The number of rotatable bonds is 9. The number of furan rings is 1. The summed E-state index contributed by atoms with van der Waals surface area (Å²) < 4.78 is 5.33. The number of hydrogen-bond acceptors (Lipinski definition) is 5. The van der Waals surface area contributed by atoms with Crippen LogP contribution in [0.5, 0.6) is 5.75 Å². The third kappa shape index (κ3) is 5.20. The highest BCUT2D eigenvalue weighted by Crippen LogP contribution is 2.34. The summed E-state index contributed by atoms with van der Waals surface area (Å²) in [5, 5.41) is 17.1. The average Bonchev–Trinajstić information content (AvgIpc) is 3.57. The number of aromatic nitrogens is 1. The largest absolute Gasteiger partial charge is 0.508 e. The minimum Gasteiger partial charge on any atom is -0.508 e. The molecule has 1 aliphatic rings. The highest BCUT2D eigenvalue weighted by Gasteiger charge is 2.24. The number of phenolic OH excluding ortho intramolecular Hbond substituents is 1. The molecule has 188 valence electrons. The molecule has 4 N–H and O–H groups in total. The van der Waals surface area contributed by atoms with Gasteiger partial charge in [-0.25, -0.2) is 0 Å². The predicted molar refractivity (Wildman–Crippen MR) is 144 cm³/mol. The van der Waals surface area contributed by atoms with E-state index in [9.17, 15) is 9.90 Å². The van der Waals surface area contributed by atoms with Crippen molar-refractivity contribution in [1.82, 2.24) is 10.3 Å². The second kappa shape index (κ2) is 10.8. The molecule has 1 saturated carbocycles. The standard InChI is InChI=1S/C29H34N4O3/c1-30-27-15-21(29(35)31-13-11-22-17-32-26-9-8-24(34)16-25(22)26)7-10-28(27)33(18-20-12-14-36-19-20)23-5-3-2-4-6-23/h7-10,12,14-17,19,23,30,32,34H,2-6,11,13,18H2,1H3,(H,31,35). The maximum absolute atomic E-state index is 13.0. The molecule has 0 atom stereocenters. The fourth-order valence-corrected chi connectivity index (χ4v) is 5.30. The highest BCUT2D eigenvalue weighted by molar-refractivity contribution is 5.96. The van der Waals surface area contributed by atoms with Gasteiger partial charge in [-0.3, -0.25) is 4.79 Å². The minimum atomic E-state index is -0.0974. The molecule has 0 spiro atoms. The first-order valence-corrected chi connectivity index (χ1v) is 12.8. The van der Waals surface area contributed by atoms with Crippen LogP contribution < -0.4 is 15.5 Å². The molecule has 0 unspecified atom stereocenters. The van der Waals surface area contributed by atoms with Crippen LogP contribution >= 0.6 is 0 Å². The second-order valence-electron chi connectivity index (χ2n) is 9.58. The normalized spacial score (nSPS) is 14.1. The smallest absolute Gasteiger partial charge is 0.251 e. The molecule has 2 heterocycles. The number of carbonyl (C=O) groups is 1. The molecule has 2 aromatic heterocycles. The van der Waals surface area contributed by atoms with Crippen LogP contribution in [0.4, 0.5) is 11.4 Å². The first kappa shape index (κ1) is 23.9. The number of anilines is 2. The van der Waals surface area contributed by atoms with Gasteiger partial charge >= 0.3 is 0 Å². The SMILES string of the molecule is CNc1cc(C(=O)NCCc2c[nH]c3ccc(O)cc23)ccc1N(Cc1ccoc1)C1CCCCC1. The second-order valence-corrected chi connectivity index (χ2v) is 9.58. The van der Waals surface area contributed by atoms with Crippen LogP contribution in [0.25, 0.3) is 10.9 Å². The van der Waals surface area contributed by atoms with Gasteiger partial charge in [0.2, 0.25) is 0 Å². The lowest BCUT2D eigenvalue weighted by Crippen LogP contribution is -2.36. The van der Waals surface area contributed by atoms with E-state index in [0.29, 0.717) is 24.6 Å². The van der Waals surface area contributed by atoms with Gasteiger partial charge in [0.1, 0.15) is 5.75 Å². The quantitative estimate of drug-likeness (QED) is 0.239. The Labute approximate surface area is 211 Å². The lowest BCUT2D eigenvalue weighted by atomic mass is 9.93. The third-order valence-corrected chi connectivity index (χ3v) is 7.22. The number of phenols is 1. The van der Waals surface area contributed by atoms with Crippen LogP contribution in [0.3, 0.4) is 0 Å². The predicted octanol–water partition coefficient (Wildman–Crippen LogP) is 5.82. The summed E-state index contributed by atoms with van der Waals surface area (Å²) in [6.07, 6.45) is 12.3. The zero-order valence-corrected chi connectivity index (χ0v) is 20.7. The number of nitrogens with zero attached hydrogens (tertiary/aromatic N) is 1. The molecule has 0 aliphatic heterocycles. The Morgan fingerprint density at radius 1 is 1.14 bits per heavy atom. The Morgan fingerprint density at radius 3 is 2.78 bits per heavy atom. The summed E-state index contributed by atoms with van der Waals surface area (Å²) in [5.74, 6) is 0.141. The number of hydrogen-bond donors (Lipinski definition) is 4. The van der Waals surface area contributed by atoms with Gasteiger partial charge in [0.15, 0.2) is 0 Å². The van der Waals surface area contributed by atoms with Gasteiger partial charge in [0, 0.05) is 54.4 Å². The first-order chi connectivity index (χ1) is 17.6. The zero-order chi connectivity index (χ0) is 24.9. The molecule has 2 aromatic carbocycles. The molecular formula is C29H34N4O3. The van der Waals surface area contributed by atoms with E-state index >= 15 is 0 Å². The molecule has 0 radical (unpaired) electrons. The van der Waals surface area contributed by atoms with Gasteiger partial charge in [-0.2, -0.15) is 0 Å². The van der Waals surface area contributed by atoms with E-state index in [1.165, 1.54) is 32.1 Å². The van der Waals surface area contributed by atoms with E-state index in [4.69, 9.17) is 4.42 Å². The fourth-order valence-electron chi connectivity index (χ4n) is 5.30. The van der Waals surface area contributed by atoms with E-state index in [1.807, 2.05) is 43.8 Å². The maximum Gasteiger partial charge on any atom is 0.251 e. The highest BCUT2D eigenvalue weighted by atomic mass is 16.3. The molecule has 7 nitrogen and oxygen atoms in total. The van der Waals surface area contributed by atoms with Crippen LogP contribution in [0, 0.1) is 0 Å². The van der Waals surface area contributed by atoms with Crippen molar-refractivity contribution in [3.63, 3.8) is 0 Å². The van der Waals surface area contributed by atoms with Gasteiger partial charge < -0.3 is 30.0 Å². The number of carbonyl (C=O) groups excluding carboxylic acids is 1. The summed E-state index contributed by atoms with van der Waals surface area (Å²) in [5.41, 5.74) is 5.88. The maximum atomic E-state index is 13.0. The third-order valence-electron chi connectivity index (χ3n) is 7.22. The molecule has 5 rings (SSSR count). The summed E-state index contributed by atoms with van der Waals surface area (Å²) in [6.45, 7) is 1.29. The Morgan fingerprint density at radius 2 is 2.00 bits per heavy atom. The number of benzene rings is 2. The topological polar surface area (TPSA) is 93.5 Å². The van der Waals surface area contributed by atoms with E-state index in [-0.39, 0.29) is 11.7 Å². The van der Waals surface area contributed by atoms with E-state index in [1.54, 1.807) is 18.4 Å². The number of aromatic hydroxyl groups is 1. The van der Waals surface area contributed by atoms with Gasteiger partial charge in [-0.05, 0) is 67.3 Å². The summed E-state index contributed by atoms with van der Waals surface area (Å²) in [4.78, 5) is 18.7. The van der Waals surface area contributed by atoms with E-state index in [2.05, 4.69) is 26.6 Å². The molecule has 0 saturated heterocycles. The Hall–Kier alpha value is -3.87. The van der Waals surface area contributed by atoms with Crippen molar-refractivity contribution in [3.05, 3.63) is 77.9 Å². The van der Waals surface area contributed by atoms with Crippen molar-refractivity contribution in [2.24, 2.45) is 0 Å². The molecule has 1 fully saturated rings. The molecule has 1 aliphatic carbocycles. The van der Waals surface area contributed by atoms with Crippen molar-refractivity contribution < 1.29 is 14.3 Å². The monoisotopic (exact) mass is 486 g/mol. The Kier molecular flexibility index (Phi) is 7.16. The molecule has 36 heavy (non-hydrogen) atoms. The van der Waals surface area contributed by atoms with Crippen LogP contribution in [-0.2, 0) is 13.0 Å². The minimum absolute atomic E-state index is 0.0974.